The molecule has 1 N–H and O–H groups in total. The average molecular weight is 354 g/mol. The van der Waals surface area contributed by atoms with Crippen LogP contribution in [0, 0.1) is 0 Å². The molecule has 0 aromatic carbocycles. The van der Waals surface area contributed by atoms with E-state index in [1.54, 1.807) is 0 Å². The van der Waals surface area contributed by atoms with E-state index in [2.05, 4.69) is 29.1 Å². The van der Waals surface area contributed by atoms with Crippen molar-refractivity contribution in [3.05, 3.63) is 12.2 Å². The first-order valence-corrected chi connectivity index (χ1v) is 9.55. The zero-order valence-electron chi connectivity index (χ0n) is 16.1. The summed E-state index contributed by atoms with van der Waals surface area (Å²) in [5.74, 6) is -1.02. The Morgan fingerprint density at radius 2 is 1.56 bits per heavy atom. The fraction of sp³-hybridized carbons (Fsp3) is 0.750. The lowest BCUT2D eigenvalue weighted by molar-refractivity contribution is -0.145. The molecule has 0 aliphatic carbocycles. The van der Waals surface area contributed by atoms with Gasteiger partial charge in [-0.05, 0) is 39.0 Å². The summed E-state index contributed by atoms with van der Waals surface area (Å²) in [7, 11) is 1.26. The smallest absolute Gasteiger partial charge is 0.328 e. The van der Waals surface area contributed by atoms with Gasteiger partial charge in [0.2, 0.25) is 5.91 Å². The second-order valence-corrected chi connectivity index (χ2v) is 6.45. The Bertz CT molecular complexity index is 418. The third kappa shape index (κ3) is 14.4. The van der Waals surface area contributed by atoms with Crippen LogP contribution in [0.2, 0.25) is 0 Å². The first kappa shape index (κ1) is 23.4. The standard InChI is InChI=1S/C20H35NO4/c1-4-5-6-7-8-9-10-11-12-13-14-15-18(22)16-19(23)21-17(2)20(24)25-3/h9-10,17H,4-8,11-16H2,1-3H3,(H,21,23)/b10-9-/t17-/m0/s1. The van der Waals surface area contributed by atoms with E-state index in [1.165, 1.54) is 39.7 Å². The van der Waals surface area contributed by atoms with E-state index in [4.69, 9.17) is 0 Å². The molecule has 5 nitrogen and oxygen atoms in total. The Kier molecular flexibility index (Phi) is 14.8. The number of nitrogens with one attached hydrogen (secondary N) is 1. The monoisotopic (exact) mass is 353 g/mol. The van der Waals surface area contributed by atoms with Gasteiger partial charge in [-0.1, -0.05) is 44.8 Å². The fourth-order valence-corrected chi connectivity index (χ4v) is 2.48. The number of allylic oxidation sites excluding steroid dienone is 2. The molecular formula is C20H35NO4. The molecule has 0 aliphatic rings. The van der Waals surface area contributed by atoms with Gasteiger partial charge >= 0.3 is 5.97 Å². The zero-order chi connectivity index (χ0) is 18.9. The number of unbranched alkanes of at least 4 members (excludes halogenated alkanes) is 7. The minimum Gasteiger partial charge on any atom is -0.467 e. The summed E-state index contributed by atoms with van der Waals surface area (Å²) < 4.78 is 4.52. The maximum atomic E-state index is 11.7. The molecule has 144 valence electrons. The van der Waals surface area contributed by atoms with Crippen molar-refractivity contribution in [2.75, 3.05) is 7.11 Å². The molecule has 0 aliphatic heterocycles. The number of hydrogen-bond acceptors (Lipinski definition) is 4. The lowest BCUT2D eigenvalue weighted by Gasteiger charge is -2.10. The number of rotatable bonds is 15. The fourth-order valence-electron chi connectivity index (χ4n) is 2.48. The number of ketones is 1. The van der Waals surface area contributed by atoms with Gasteiger partial charge in [-0.25, -0.2) is 4.79 Å². The van der Waals surface area contributed by atoms with Crippen molar-refractivity contribution in [2.24, 2.45) is 0 Å². The van der Waals surface area contributed by atoms with Crippen LogP contribution >= 0.6 is 0 Å². The highest BCUT2D eigenvalue weighted by Gasteiger charge is 2.17. The molecule has 0 unspecified atom stereocenters. The summed E-state index contributed by atoms with van der Waals surface area (Å²) in [4.78, 5) is 34.6. The van der Waals surface area contributed by atoms with E-state index in [1.807, 2.05) is 0 Å². The molecule has 0 rings (SSSR count). The van der Waals surface area contributed by atoms with Crippen LogP contribution in [0.25, 0.3) is 0 Å². The molecule has 25 heavy (non-hydrogen) atoms. The highest BCUT2D eigenvalue weighted by molar-refractivity contribution is 5.99. The highest BCUT2D eigenvalue weighted by atomic mass is 16.5. The Labute approximate surface area is 152 Å². The van der Waals surface area contributed by atoms with Crippen molar-refractivity contribution >= 4 is 17.7 Å². The Balaban J connectivity index is 3.59. The zero-order valence-corrected chi connectivity index (χ0v) is 16.1. The van der Waals surface area contributed by atoms with E-state index < -0.39 is 17.9 Å². The lowest BCUT2D eigenvalue weighted by Crippen LogP contribution is -2.39. The number of Topliss-reactive ketones (excluding diaryl/α,β-unsaturated/α-hetero) is 1. The van der Waals surface area contributed by atoms with Crippen molar-refractivity contribution < 1.29 is 19.1 Å². The topological polar surface area (TPSA) is 72.5 Å². The van der Waals surface area contributed by atoms with E-state index >= 15 is 0 Å². The highest BCUT2D eigenvalue weighted by Crippen LogP contribution is 2.07. The van der Waals surface area contributed by atoms with Gasteiger partial charge in [0.25, 0.3) is 0 Å². The summed E-state index contributed by atoms with van der Waals surface area (Å²) in [5, 5.41) is 2.46. The first-order valence-electron chi connectivity index (χ1n) is 9.55. The van der Waals surface area contributed by atoms with E-state index in [-0.39, 0.29) is 12.2 Å². The normalized spacial score (nSPS) is 12.1. The number of ether oxygens (including phenoxy) is 1. The summed E-state index contributed by atoms with van der Waals surface area (Å²) in [6.45, 7) is 3.75. The molecule has 0 radical (unpaired) electrons. The number of carbonyl (C=O) groups excluding carboxylic acids is 3. The lowest BCUT2D eigenvalue weighted by atomic mass is 10.1. The number of carbonyl (C=O) groups is 3. The van der Waals surface area contributed by atoms with Gasteiger partial charge in [-0.3, -0.25) is 9.59 Å². The second-order valence-electron chi connectivity index (χ2n) is 6.45. The van der Waals surface area contributed by atoms with Crippen molar-refractivity contribution in [1.29, 1.82) is 0 Å². The molecule has 1 amide bonds. The Hall–Kier alpha value is -1.65. The van der Waals surface area contributed by atoms with Gasteiger partial charge in [0.15, 0.2) is 0 Å². The van der Waals surface area contributed by atoms with E-state index in [9.17, 15) is 14.4 Å². The largest absolute Gasteiger partial charge is 0.467 e. The van der Waals surface area contributed by atoms with Crippen LogP contribution in [-0.2, 0) is 19.1 Å². The van der Waals surface area contributed by atoms with Crippen molar-refractivity contribution in [2.45, 2.75) is 90.5 Å². The summed E-state index contributed by atoms with van der Waals surface area (Å²) in [6.07, 6.45) is 15.0. The summed E-state index contributed by atoms with van der Waals surface area (Å²) in [6, 6.07) is -0.723. The Morgan fingerprint density at radius 1 is 0.960 bits per heavy atom. The van der Waals surface area contributed by atoms with Gasteiger partial charge in [-0.15, -0.1) is 0 Å². The number of hydrogen-bond donors (Lipinski definition) is 1. The number of methoxy groups -OCH3 is 1. The van der Waals surface area contributed by atoms with Gasteiger partial charge < -0.3 is 10.1 Å². The van der Waals surface area contributed by atoms with E-state index in [0.29, 0.717) is 6.42 Å². The number of esters is 1. The molecule has 0 fully saturated rings. The van der Waals surface area contributed by atoms with Crippen molar-refractivity contribution in [3.8, 4) is 0 Å². The molecule has 5 heteroatoms. The van der Waals surface area contributed by atoms with Crippen LogP contribution in [0.4, 0.5) is 0 Å². The summed E-state index contributed by atoms with van der Waals surface area (Å²) >= 11 is 0. The Morgan fingerprint density at radius 3 is 2.12 bits per heavy atom. The first-order chi connectivity index (χ1) is 12.0. The second kappa shape index (κ2) is 15.9. The molecule has 1 atom stereocenters. The number of amides is 1. The van der Waals surface area contributed by atoms with Crippen LogP contribution in [0.1, 0.15) is 84.5 Å². The quantitative estimate of drug-likeness (QED) is 0.208. The minimum atomic E-state index is -0.723. The molecule has 0 aromatic rings. The van der Waals surface area contributed by atoms with E-state index in [0.717, 1.165) is 32.1 Å². The molecule has 0 heterocycles. The van der Waals surface area contributed by atoms with Crippen molar-refractivity contribution in [1.82, 2.24) is 5.32 Å². The third-order valence-corrected chi connectivity index (χ3v) is 4.01. The molecule has 0 saturated carbocycles. The molecular weight excluding hydrogens is 318 g/mol. The van der Waals surface area contributed by atoms with Gasteiger partial charge in [0.1, 0.15) is 11.8 Å². The van der Waals surface area contributed by atoms with Gasteiger partial charge in [0, 0.05) is 6.42 Å². The van der Waals surface area contributed by atoms with Crippen LogP contribution in [-0.4, -0.2) is 30.8 Å². The average Bonchev–Trinajstić information content (AvgIpc) is 2.58. The maximum Gasteiger partial charge on any atom is 0.328 e. The maximum absolute atomic E-state index is 11.7. The molecule has 0 bridgehead atoms. The SMILES string of the molecule is CCCCCC/C=C\CCCCCC(=O)CC(=O)N[C@@H](C)C(=O)OC. The third-order valence-electron chi connectivity index (χ3n) is 4.01. The summed E-state index contributed by atoms with van der Waals surface area (Å²) in [5.41, 5.74) is 0. The predicted molar refractivity (Wildman–Crippen MR) is 100 cm³/mol. The van der Waals surface area contributed by atoms with Crippen LogP contribution in [0.5, 0.6) is 0 Å². The minimum absolute atomic E-state index is 0.0824. The van der Waals surface area contributed by atoms with Crippen LogP contribution in [0.15, 0.2) is 12.2 Å². The van der Waals surface area contributed by atoms with Crippen LogP contribution in [0.3, 0.4) is 0 Å². The van der Waals surface area contributed by atoms with Crippen LogP contribution < -0.4 is 5.32 Å². The molecule has 0 spiro atoms. The predicted octanol–water partition coefficient (Wildman–Crippen LogP) is 4.10. The van der Waals surface area contributed by atoms with Gasteiger partial charge in [-0.2, -0.15) is 0 Å². The van der Waals surface area contributed by atoms with Crippen molar-refractivity contribution in [3.63, 3.8) is 0 Å². The van der Waals surface area contributed by atoms with Gasteiger partial charge in [0.05, 0.1) is 13.5 Å². The molecule has 0 aromatic heterocycles. The molecule has 0 saturated heterocycles.